The van der Waals surface area contributed by atoms with Gasteiger partial charge in [0.25, 0.3) is 0 Å². The summed E-state index contributed by atoms with van der Waals surface area (Å²) in [6, 6.07) is 6.96. The van der Waals surface area contributed by atoms with Crippen molar-refractivity contribution in [2.24, 2.45) is 0 Å². The first-order valence-electron chi connectivity index (χ1n) is 11.0. The molecule has 4 nitrogen and oxygen atoms in total. The first kappa shape index (κ1) is 24.0. The van der Waals surface area contributed by atoms with Crippen molar-refractivity contribution in [2.45, 2.75) is 69.9 Å². The molecule has 8 heteroatoms. The van der Waals surface area contributed by atoms with Gasteiger partial charge in [0.2, 0.25) is 0 Å². The van der Waals surface area contributed by atoms with Crippen molar-refractivity contribution in [3.63, 3.8) is 0 Å². The summed E-state index contributed by atoms with van der Waals surface area (Å²) in [5.74, 6) is -2.04. The number of fused-ring (bicyclic) bond motifs is 1. The number of hydrogen-bond acceptors (Lipinski definition) is 3. The average molecular weight is 452 g/mol. The summed E-state index contributed by atoms with van der Waals surface area (Å²) in [6.07, 6.45) is 1.74. The van der Waals surface area contributed by atoms with Gasteiger partial charge in [0.05, 0.1) is 12.0 Å². The van der Waals surface area contributed by atoms with E-state index in [1.165, 1.54) is 11.6 Å². The van der Waals surface area contributed by atoms with Crippen molar-refractivity contribution in [3.8, 4) is 0 Å². The van der Waals surface area contributed by atoms with E-state index in [9.17, 15) is 27.5 Å². The Morgan fingerprint density at radius 1 is 1.12 bits per heavy atom. The zero-order chi connectivity index (χ0) is 23.1. The number of carboxylic acid groups (broad SMARTS) is 1. The standard InChI is InChI=1S/C24H28F4N2O2/c25-21-12-10-18(14-20(21)24(26,27)28)17(15-22(31)32)6-3-1-2-4-8-19-11-9-16-7-5-13-29-23(16)30-19/h9-12,14,17H,1-8,13,15H2,(H,29,30)(H,31,32). The summed E-state index contributed by atoms with van der Waals surface area (Å²) >= 11 is 0. The van der Waals surface area contributed by atoms with Crippen molar-refractivity contribution >= 4 is 11.8 Å². The molecule has 32 heavy (non-hydrogen) atoms. The van der Waals surface area contributed by atoms with Crippen LogP contribution in [0.3, 0.4) is 0 Å². The lowest BCUT2D eigenvalue weighted by Crippen LogP contribution is -2.14. The van der Waals surface area contributed by atoms with E-state index in [0.29, 0.717) is 12.8 Å². The molecule has 2 heterocycles. The normalized spacial score (nSPS) is 14.5. The molecule has 1 aromatic carbocycles. The number of anilines is 1. The Labute approximate surface area is 185 Å². The lowest BCUT2D eigenvalue weighted by molar-refractivity contribution is -0.140. The van der Waals surface area contributed by atoms with Gasteiger partial charge in [-0.05, 0) is 67.3 Å². The molecule has 0 amide bonds. The molecule has 0 saturated heterocycles. The Balaban J connectivity index is 1.49. The van der Waals surface area contributed by atoms with Gasteiger partial charge < -0.3 is 10.4 Å². The zero-order valence-electron chi connectivity index (χ0n) is 17.8. The zero-order valence-corrected chi connectivity index (χ0v) is 17.8. The Morgan fingerprint density at radius 3 is 2.66 bits per heavy atom. The van der Waals surface area contributed by atoms with Gasteiger partial charge in [-0.3, -0.25) is 4.79 Å². The Kier molecular flexibility index (Phi) is 8.10. The lowest BCUT2D eigenvalue weighted by atomic mass is 9.89. The summed E-state index contributed by atoms with van der Waals surface area (Å²) in [6.45, 7) is 0.944. The molecule has 0 fully saturated rings. The fraction of sp³-hybridized carbons (Fsp3) is 0.500. The quantitative estimate of drug-likeness (QED) is 0.326. The number of aryl methyl sites for hydroxylation is 2. The third kappa shape index (κ3) is 6.68. The van der Waals surface area contributed by atoms with Crippen LogP contribution in [-0.4, -0.2) is 22.6 Å². The molecular weight excluding hydrogens is 424 g/mol. The number of nitrogens with zero attached hydrogens (tertiary/aromatic N) is 1. The molecule has 2 aromatic rings. The predicted molar refractivity (Wildman–Crippen MR) is 114 cm³/mol. The van der Waals surface area contributed by atoms with E-state index in [1.807, 2.05) is 0 Å². The molecule has 3 rings (SSSR count). The van der Waals surface area contributed by atoms with Crippen LogP contribution in [0.15, 0.2) is 30.3 Å². The number of carboxylic acids is 1. The maximum Gasteiger partial charge on any atom is 0.419 e. The van der Waals surface area contributed by atoms with E-state index < -0.39 is 29.4 Å². The minimum absolute atomic E-state index is 0.215. The van der Waals surface area contributed by atoms with Crippen LogP contribution in [0.4, 0.5) is 23.4 Å². The molecule has 0 spiro atoms. The molecule has 1 unspecified atom stereocenters. The number of alkyl halides is 3. The van der Waals surface area contributed by atoms with Gasteiger partial charge in [-0.2, -0.15) is 13.2 Å². The number of aromatic nitrogens is 1. The molecule has 0 bridgehead atoms. The second-order valence-electron chi connectivity index (χ2n) is 8.33. The minimum Gasteiger partial charge on any atom is -0.481 e. The van der Waals surface area contributed by atoms with Crippen molar-refractivity contribution in [3.05, 3.63) is 58.5 Å². The molecule has 1 atom stereocenters. The van der Waals surface area contributed by atoms with Crippen LogP contribution in [0, 0.1) is 5.82 Å². The average Bonchev–Trinajstić information content (AvgIpc) is 2.74. The molecule has 1 aromatic heterocycles. The number of pyridine rings is 1. The predicted octanol–water partition coefficient (Wildman–Crippen LogP) is 6.35. The smallest absolute Gasteiger partial charge is 0.419 e. The van der Waals surface area contributed by atoms with Crippen molar-refractivity contribution in [2.75, 3.05) is 11.9 Å². The number of benzene rings is 1. The number of nitrogens with one attached hydrogen (secondary N) is 1. The van der Waals surface area contributed by atoms with Gasteiger partial charge in [-0.1, -0.05) is 31.4 Å². The highest BCUT2D eigenvalue weighted by Crippen LogP contribution is 2.35. The summed E-state index contributed by atoms with van der Waals surface area (Å²) < 4.78 is 52.6. The maximum absolute atomic E-state index is 13.6. The van der Waals surface area contributed by atoms with E-state index >= 15 is 0 Å². The third-order valence-corrected chi connectivity index (χ3v) is 5.88. The van der Waals surface area contributed by atoms with E-state index in [-0.39, 0.29) is 12.0 Å². The molecular formula is C24H28F4N2O2. The number of rotatable bonds is 10. The summed E-state index contributed by atoms with van der Waals surface area (Å²) in [5.41, 5.74) is 1.15. The second-order valence-corrected chi connectivity index (χ2v) is 8.33. The SMILES string of the molecule is O=C(O)CC(CCCCCCc1ccc2c(n1)NCCC2)c1ccc(F)c(C(F)(F)F)c1. The largest absolute Gasteiger partial charge is 0.481 e. The highest BCUT2D eigenvalue weighted by atomic mass is 19.4. The number of aliphatic carboxylic acids is 1. The molecule has 0 aliphatic carbocycles. The highest BCUT2D eigenvalue weighted by molar-refractivity contribution is 5.68. The minimum atomic E-state index is -4.81. The molecule has 1 aliphatic rings. The topological polar surface area (TPSA) is 62.2 Å². The van der Waals surface area contributed by atoms with Gasteiger partial charge >= 0.3 is 12.1 Å². The summed E-state index contributed by atoms with van der Waals surface area (Å²) in [4.78, 5) is 15.9. The Morgan fingerprint density at radius 2 is 1.91 bits per heavy atom. The number of hydrogen-bond donors (Lipinski definition) is 2. The Hall–Kier alpha value is -2.64. The van der Waals surface area contributed by atoms with Crippen molar-refractivity contribution in [1.82, 2.24) is 4.98 Å². The molecule has 0 saturated carbocycles. The molecule has 1 aliphatic heterocycles. The highest BCUT2D eigenvalue weighted by Gasteiger charge is 2.34. The van der Waals surface area contributed by atoms with E-state index in [0.717, 1.165) is 68.7 Å². The van der Waals surface area contributed by atoms with Crippen LogP contribution in [-0.2, 0) is 23.8 Å². The fourth-order valence-electron chi connectivity index (χ4n) is 4.17. The molecule has 2 N–H and O–H groups in total. The van der Waals surface area contributed by atoms with Crippen molar-refractivity contribution in [1.29, 1.82) is 0 Å². The number of halogens is 4. The van der Waals surface area contributed by atoms with Crippen LogP contribution in [0.25, 0.3) is 0 Å². The Bertz CT molecular complexity index is 931. The van der Waals surface area contributed by atoms with E-state index in [4.69, 9.17) is 0 Å². The van der Waals surface area contributed by atoms with E-state index in [1.54, 1.807) is 0 Å². The first-order valence-corrected chi connectivity index (χ1v) is 11.0. The maximum atomic E-state index is 13.6. The van der Waals surface area contributed by atoms with E-state index in [2.05, 4.69) is 22.4 Å². The third-order valence-electron chi connectivity index (χ3n) is 5.88. The van der Waals surface area contributed by atoms with Gasteiger partial charge in [-0.25, -0.2) is 9.37 Å². The number of unbranched alkanes of at least 4 members (excludes halogenated alkanes) is 3. The summed E-state index contributed by atoms with van der Waals surface area (Å²) in [7, 11) is 0. The number of carbonyl (C=O) groups is 1. The molecule has 0 radical (unpaired) electrons. The first-order chi connectivity index (χ1) is 15.2. The second kappa shape index (κ2) is 10.8. The van der Waals surface area contributed by atoms with Gasteiger partial charge in [0.1, 0.15) is 11.6 Å². The van der Waals surface area contributed by atoms with Gasteiger partial charge in [0, 0.05) is 12.2 Å². The molecule has 174 valence electrons. The van der Waals surface area contributed by atoms with Crippen LogP contribution < -0.4 is 5.32 Å². The van der Waals surface area contributed by atoms with Crippen molar-refractivity contribution < 1.29 is 27.5 Å². The summed E-state index contributed by atoms with van der Waals surface area (Å²) in [5, 5.41) is 12.5. The van der Waals surface area contributed by atoms with Crippen LogP contribution >= 0.6 is 0 Å². The monoisotopic (exact) mass is 452 g/mol. The van der Waals surface area contributed by atoms with Crippen LogP contribution in [0.5, 0.6) is 0 Å². The van der Waals surface area contributed by atoms with Gasteiger partial charge in [0.15, 0.2) is 0 Å². The van der Waals surface area contributed by atoms with Crippen LogP contribution in [0.2, 0.25) is 0 Å². The van der Waals surface area contributed by atoms with Crippen LogP contribution in [0.1, 0.15) is 73.2 Å². The fourth-order valence-corrected chi connectivity index (χ4v) is 4.17. The van der Waals surface area contributed by atoms with Gasteiger partial charge in [-0.15, -0.1) is 0 Å². The lowest BCUT2D eigenvalue weighted by Gasteiger charge is -2.18.